The first-order valence-corrected chi connectivity index (χ1v) is 9.59. The number of hydrogen-bond donors (Lipinski definition) is 2. The summed E-state index contributed by atoms with van der Waals surface area (Å²) in [5, 5.41) is 6.20. The van der Waals surface area contributed by atoms with Gasteiger partial charge in [0.25, 0.3) is 5.91 Å². The van der Waals surface area contributed by atoms with E-state index in [1.54, 1.807) is 18.3 Å². The quantitative estimate of drug-likeness (QED) is 0.605. The average molecular weight is 374 g/mol. The van der Waals surface area contributed by atoms with E-state index in [9.17, 15) is 4.79 Å². The van der Waals surface area contributed by atoms with Crippen molar-refractivity contribution in [1.82, 2.24) is 10.3 Å². The first kappa shape index (κ1) is 19.4. The smallest absolute Gasteiger partial charge is 0.251 e. The Morgan fingerprint density at radius 1 is 0.964 bits per heavy atom. The molecule has 0 unspecified atom stereocenters. The maximum absolute atomic E-state index is 12.4. The third-order valence-corrected chi connectivity index (χ3v) is 4.59. The van der Waals surface area contributed by atoms with Crippen LogP contribution >= 0.6 is 0 Å². The second-order valence-corrected chi connectivity index (χ2v) is 6.44. The first-order chi connectivity index (χ1) is 13.7. The van der Waals surface area contributed by atoms with Crippen molar-refractivity contribution in [3.63, 3.8) is 0 Å². The minimum atomic E-state index is -0.119. The molecule has 0 aliphatic heterocycles. The Balaban J connectivity index is 1.63. The lowest BCUT2D eigenvalue weighted by Gasteiger charge is -2.21. The molecule has 0 fully saturated rings. The summed E-state index contributed by atoms with van der Waals surface area (Å²) in [6, 6.07) is 21.6. The van der Waals surface area contributed by atoms with Crippen LogP contribution in [0.2, 0.25) is 0 Å². The van der Waals surface area contributed by atoms with Crippen LogP contribution in [0.25, 0.3) is 0 Å². The summed E-state index contributed by atoms with van der Waals surface area (Å²) in [5.74, 6) is 0.522. The molecule has 5 nitrogen and oxygen atoms in total. The van der Waals surface area contributed by atoms with Gasteiger partial charge in [-0.1, -0.05) is 30.3 Å². The molecule has 28 heavy (non-hydrogen) atoms. The zero-order valence-electron chi connectivity index (χ0n) is 16.4. The van der Waals surface area contributed by atoms with Crippen LogP contribution in [0.1, 0.15) is 29.8 Å². The van der Waals surface area contributed by atoms with Gasteiger partial charge in [-0.3, -0.25) is 4.79 Å². The van der Waals surface area contributed by atoms with E-state index in [4.69, 9.17) is 0 Å². The highest BCUT2D eigenvalue weighted by Crippen LogP contribution is 2.20. The van der Waals surface area contributed by atoms with Gasteiger partial charge in [0.05, 0.1) is 0 Å². The molecule has 1 aromatic heterocycles. The predicted octanol–water partition coefficient (Wildman–Crippen LogP) is 4.60. The Morgan fingerprint density at radius 2 is 1.68 bits per heavy atom. The Bertz CT molecular complexity index is 890. The van der Waals surface area contributed by atoms with Crippen LogP contribution in [0.15, 0.2) is 72.9 Å². The lowest BCUT2D eigenvalue weighted by molar-refractivity contribution is 0.0951. The van der Waals surface area contributed by atoms with Crippen LogP contribution in [0, 0.1) is 0 Å². The van der Waals surface area contributed by atoms with Crippen LogP contribution in [0.4, 0.5) is 17.2 Å². The third-order valence-electron chi connectivity index (χ3n) is 4.59. The molecule has 0 aliphatic carbocycles. The second-order valence-electron chi connectivity index (χ2n) is 6.44. The van der Waals surface area contributed by atoms with E-state index in [-0.39, 0.29) is 5.91 Å². The lowest BCUT2D eigenvalue weighted by atomic mass is 10.2. The molecular weight excluding hydrogens is 348 g/mol. The second kappa shape index (κ2) is 9.55. The Morgan fingerprint density at radius 3 is 2.36 bits per heavy atom. The number of pyridine rings is 1. The van der Waals surface area contributed by atoms with E-state index in [2.05, 4.69) is 46.5 Å². The largest absolute Gasteiger partial charge is 0.372 e. The van der Waals surface area contributed by atoms with E-state index in [0.717, 1.165) is 24.3 Å². The van der Waals surface area contributed by atoms with Crippen molar-refractivity contribution in [3.05, 3.63) is 84.1 Å². The molecule has 3 aromatic rings. The number of nitrogens with zero attached hydrogens (tertiary/aromatic N) is 2. The van der Waals surface area contributed by atoms with E-state index in [0.29, 0.717) is 17.9 Å². The van der Waals surface area contributed by atoms with Gasteiger partial charge in [0.15, 0.2) is 0 Å². The van der Waals surface area contributed by atoms with E-state index in [1.165, 1.54) is 5.69 Å². The van der Waals surface area contributed by atoms with E-state index in [1.807, 2.05) is 42.5 Å². The van der Waals surface area contributed by atoms with Crippen LogP contribution in [0.3, 0.4) is 0 Å². The van der Waals surface area contributed by atoms with Crippen molar-refractivity contribution >= 4 is 23.1 Å². The summed E-state index contributed by atoms with van der Waals surface area (Å²) in [6.45, 7) is 6.75. The van der Waals surface area contributed by atoms with Crippen molar-refractivity contribution in [1.29, 1.82) is 0 Å². The van der Waals surface area contributed by atoms with Gasteiger partial charge >= 0.3 is 0 Å². The molecule has 2 aromatic carbocycles. The Kier molecular flexibility index (Phi) is 6.63. The van der Waals surface area contributed by atoms with Crippen molar-refractivity contribution in [2.45, 2.75) is 20.4 Å². The molecule has 0 radical (unpaired) electrons. The number of hydrogen-bond acceptors (Lipinski definition) is 4. The molecule has 0 saturated carbocycles. The normalized spacial score (nSPS) is 10.4. The third kappa shape index (κ3) is 5.10. The van der Waals surface area contributed by atoms with Gasteiger partial charge in [-0.15, -0.1) is 0 Å². The minimum absolute atomic E-state index is 0.119. The Hall–Kier alpha value is -3.34. The molecule has 2 N–H and O–H groups in total. The standard InChI is InChI=1S/C23H26N4O/c1-3-27(4-2)21-12-10-20(11-13-21)26-22-16-19(14-15-24-22)23(28)25-17-18-8-6-5-7-9-18/h5-16H,3-4,17H2,1-2H3,(H,24,26)(H,25,28). The topological polar surface area (TPSA) is 57.3 Å². The van der Waals surface area contributed by atoms with Crippen LogP contribution in [-0.4, -0.2) is 24.0 Å². The van der Waals surface area contributed by atoms with Gasteiger partial charge < -0.3 is 15.5 Å². The number of amides is 1. The maximum atomic E-state index is 12.4. The molecule has 0 atom stereocenters. The van der Waals surface area contributed by atoms with Gasteiger partial charge in [0.1, 0.15) is 5.82 Å². The molecule has 1 heterocycles. The molecule has 3 rings (SSSR count). The number of aromatic nitrogens is 1. The van der Waals surface area contributed by atoms with Crippen molar-refractivity contribution in [2.75, 3.05) is 23.3 Å². The summed E-state index contributed by atoms with van der Waals surface area (Å²) >= 11 is 0. The van der Waals surface area contributed by atoms with Crippen LogP contribution in [-0.2, 0) is 6.54 Å². The number of carbonyl (C=O) groups is 1. The molecule has 5 heteroatoms. The molecule has 0 aliphatic rings. The van der Waals surface area contributed by atoms with E-state index >= 15 is 0 Å². The number of benzene rings is 2. The summed E-state index contributed by atoms with van der Waals surface area (Å²) in [6.07, 6.45) is 1.64. The van der Waals surface area contributed by atoms with Gasteiger partial charge in [0, 0.05) is 42.8 Å². The van der Waals surface area contributed by atoms with Crippen LogP contribution < -0.4 is 15.5 Å². The highest BCUT2D eigenvalue weighted by Gasteiger charge is 2.07. The fourth-order valence-corrected chi connectivity index (χ4v) is 3.01. The van der Waals surface area contributed by atoms with E-state index < -0.39 is 0 Å². The fraction of sp³-hybridized carbons (Fsp3) is 0.217. The van der Waals surface area contributed by atoms with Crippen LogP contribution in [0.5, 0.6) is 0 Å². The number of carbonyl (C=O) groups excluding carboxylic acids is 1. The minimum Gasteiger partial charge on any atom is -0.372 e. The zero-order chi connectivity index (χ0) is 19.8. The highest BCUT2D eigenvalue weighted by atomic mass is 16.1. The monoisotopic (exact) mass is 374 g/mol. The maximum Gasteiger partial charge on any atom is 0.251 e. The molecule has 0 bridgehead atoms. The first-order valence-electron chi connectivity index (χ1n) is 9.59. The van der Waals surface area contributed by atoms with Crippen molar-refractivity contribution in [3.8, 4) is 0 Å². The predicted molar refractivity (Wildman–Crippen MR) is 115 cm³/mol. The SMILES string of the molecule is CCN(CC)c1ccc(Nc2cc(C(=O)NCc3ccccc3)ccn2)cc1. The summed E-state index contributed by atoms with van der Waals surface area (Å²) in [5.41, 5.74) is 3.77. The lowest BCUT2D eigenvalue weighted by Crippen LogP contribution is -2.22. The van der Waals surface area contributed by atoms with Crippen molar-refractivity contribution < 1.29 is 4.79 Å². The van der Waals surface area contributed by atoms with Gasteiger partial charge in [-0.05, 0) is 55.8 Å². The van der Waals surface area contributed by atoms with Gasteiger partial charge in [-0.2, -0.15) is 0 Å². The van der Waals surface area contributed by atoms with Gasteiger partial charge in [0.2, 0.25) is 0 Å². The average Bonchev–Trinajstić information content (AvgIpc) is 2.75. The molecule has 1 amide bonds. The fourth-order valence-electron chi connectivity index (χ4n) is 3.01. The summed E-state index contributed by atoms with van der Waals surface area (Å²) < 4.78 is 0. The summed E-state index contributed by atoms with van der Waals surface area (Å²) in [7, 11) is 0. The molecule has 0 saturated heterocycles. The summed E-state index contributed by atoms with van der Waals surface area (Å²) in [4.78, 5) is 19.1. The van der Waals surface area contributed by atoms with Crippen molar-refractivity contribution in [2.24, 2.45) is 0 Å². The number of rotatable bonds is 8. The molecule has 144 valence electrons. The highest BCUT2D eigenvalue weighted by molar-refractivity contribution is 5.94. The molecular formula is C23H26N4O. The molecule has 0 spiro atoms. The Labute approximate surface area is 166 Å². The number of nitrogens with one attached hydrogen (secondary N) is 2. The van der Waals surface area contributed by atoms with Gasteiger partial charge in [-0.25, -0.2) is 4.98 Å². The zero-order valence-corrected chi connectivity index (χ0v) is 16.4. The number of anilines is 3.